The van der Waals surface area contributed by atoms with Gasteiger partial charge >= 0.3 is 5.97 Å². The summed E-state index contributed by atoms with van der Waals surface area (Å²) in [7, 11) is 0. The van der Waals surface area contributed by atoms with E-state index >= 15 is 0 Å². The van der Waals surface area contributed by atoms with Gasteiger partial charge in [0.2, 0.25) is 0 Å². The number of benzene rings is 1. The van der Waals surface area contributed by atoms with Crippen LogP contribution in [0.4, 0.5) is 14.6 Å². The summed E-state index contributed by atoms with van der Waals surface area (Å²) in [6.45, 7) is 3.64. The predicted octanol–water partition coefficient (Wildman–Crippen LogP) is 2.53. The summed E-state index contributed by atoms with van der Waals surface area (Å²) >= 11 is 0. The molecule has 4 N–H and O–H groups in total. The summed E-state index contributed by atoms with van der Waals surface area (Å²) in [5.41, 5.74) is 5.64. The minimum Gasteiger partial charge on any atom is -0.485 e. The average Bonchev–Trinajstić information content (AvgIpc) is 3.26. The number of nitrogens with zero attached hydrogens (tertiary/aromatic N) is 3. The molecule has 4 rings (SSSR count). The second-order valence-corrected chi connectivity index (χ2v) is 7.31. The van der Waals surface area contributed by atoms with Crippen LogP contribution in [0.15, 0.2) is 24.5 Å². The Labute approximate surface area is 164 Å². The zero-order valence-electron chi connectivity index (χ0n) is 15.7. The van der Waals surface area contributed by atoms with Crippen molar-refractivity contribution in [2.24, 2.45) is 5.73 Å². The van der Waals surface area contributed by atoms with Crippen LogP contribution in [-0.2, 0) is 6.42 Å². The van der Waals surface area contributed by atoms with Crippen LogP contribution in [0.25, 0.3) is 5.65 Å². The third-order valence-electron chi connectivity index (χ3n) is 5.05. The number of nitrogens with two attached hydrogens (primary N) is 1. The molecule has 1 aliphatic heterocycles. The van der Waals surface area contributed by atoms with E-state index in [1.807, 2.05) is 0 Å². The van der Waals surface area contributed by atoms with Crippen LogP contribution in [0.3, 0.4) is 0 Å². The molecule has 2 atom stereocenters. The van der Waals surface area contributed by atoms with E-state index in [0.29, 0.717) is 11.4 Å². The molecule has 3 aromatic rings. The van der Waals surface area contributed by atoms with Crippen LogP contribution in [0.5, 0.6) is 5.75 Å². The molecule has 0 aliphatic carbocycles. The monoisotopic (exact) mass is 403 g/mol. The van der Waals surface area contributed by atoms with Crippen molar-refractivity contribution in [3.05, 3.63) is 52.9 Å². The normalized spacial score (nSPS) is 19.1. The smallest absolute Gasteiger partial charge is 0.341 e. The molecule has 3 heterocycles. The fraction of sp³-hybridized carbons (Fsp3) is 0.316. The van der Waals surface area contributed by atoms with E-state index < -0.39 is 29.2 Å². The number of halogens is 2. The quantitative estimate of drug-likeness (QED) is 0.600. The highest BCUT2D eigenvalue weighted by molar-refractivity contribution is 5.94. The second-order valence-electron chi connectivity index (χ2n) is 7.31. The number of aromatic nitrogens is 3. The minimum atomic E-state index is -1.15. The van der Waals surface area contributed by atoms with Crippen molar-refractivity contribution in [3.63, 3.8) is 0 Å². The molecule has 1 aromatic carbocycles. The van der Waals surface area contributed by atoms with Gasteiger partial charge in [-0.15, -0.1) is 0 Å². The molecule has 0 bridgehead atoms. The third kappa shape index (κ3) is 3.15. The molecular weight excluding hydrogens is 384 g/mol. The molecular formula is C19H19F2N5O3. The number of carboxylic acid groups (broad SMARTS) is 1. The van der Waals surface area contributed by atoms with Crippen LogP contribution in [0.1, 0.15) is 41.4 Å². The van der Waals surface area contributed by atoms with Gasteiger partial charge in [-0.25, -0.2) is 23.1 Å². The Morgan fingerprint density at radius 3 is 2.97 bits per heavy atom. The van der Waals surface area contributed by atoms with Crippen molar-refractivity contribution >= 4 is 17.4 Å². The van der Waals surface area contributed by atoms with Crippen molar-refractivity contribution in [2.45, 2.75) is 31.9 Å². The maximum Gasteiger partial charge on any atom is 0.341 e. The molecule has 2 aromatic heterocycles. The fourth-order valence-corrected chi connectivity index (χ4v) is 3.45. The van der Waals surface area contributed by atoms with Gasteiger partial charge in [0, 0.05) is 30.3 Å². The Hall–Kier alpha value is -3.27. The first-order valence-electron chi connectivity index (χ1n) is 8.96. The van der Waals surface area contributed by atoms with Crippen molar-refractivity contribution in [1.82, 2.24) is 14.6 Å². The minimum absolute atomic E-state index is 0.0444. The maximum atomic E-state index is 14.3. The van der Waals surface area contributed by atoms with Gasteiger partial charge in [-0.1, -0.05) is 0 Å². The molecule has 0 amide bonds. The Bertz CT molecular complexity index is 1130. The Morgan fingerprint density at radius 1 is 1.52 bits per heavy atom. The Kier molecular flexibility index (Phi) is 4.38. The van der Waals surface area contributed by atoms with Crippen LogP contribution in [0.2, 0.25) is 0 Å². The van der Waals surface area contributed by atoms with Gasteiger partial charge < -0.3 is 20.9 Å². The maximum absolute atomic E-state index is 14.3. The summed E-state index contributed by atoms with van der Waals surface area (Å²) < 4.78 is 35.8. The van der Waals surface area contributed by atoms with E-state index in [2.05, 4.69) is 15.4 Å². The number of anilines is 1. The molecule has 0 radical (unpaired) electrons. The molecule has 0 spiro atoms. The molecule has 1 aliphatic rings. The number of nitrogens with one attached hydrogen (secondary N) is 1. The highest BCUT2D eigenvalue weighted by Crippen LogP contribution is 2.42. The van der Waals surface area contributed by atoms with Gasteiger partial charge in [0.05, 0.1) is 12.2 Å². The molecule has 0 fully saturated rings. The molecule has 1 unspecified atom stereocenters. The van der Waals surface area contributed by atoms with Crippen LogP contribution >= 0.6 is 0 Å². The van der Waals surface area contributed by atoms with E-state index in [1.54, 1.807) is 26.1 Å². The second kappa shape index (κ2) is 6.66. The first-order valence-corrected chi connectivity index (χ1v) is 8.96. The summed E-state index contributed by atoms with van der Waals surface area (Å²) in [6, 6.07) is 2.19. The van der Waals surface area contributed by atoms with Crippen molar-refractivity contribution in [1.29, 1.82) is 0 Å². The topological polar surface area (TPSA) is 115 Å². The van der Waals surface area contributed by atoms with Crippen molar-refractivity contribution in [2.75, 3.05) is 11.9 Å². The van der Waals surface area contributed by atoms with E-state index in [1.165, 1.54) is 10.7 Å². The van der Waals surface area contributed by atoms with Gasteiger partial charge in [0.25, 0.3) is 0 Å². The lowest BCUT2D eigenvalue weighted by atomic mass is 9.96. The summed E-state index contributed by atoms with van der Waals surface area (Å²) in [4.78, 5) is 15.6. The number of aromatic carboxylic acids is 1. The number of hydrogen-bond donors (Lipinski definition) is 3. The molecule has 152 valence electrons. The van der Waals surface area contributed by atoms with Crippen molar-refractivity contribution in [3.8, 4) is 5.75 Å². The molecule has 8 nitrogen and oxygen atoms in total. The zero-order chi connectivity index (χ0) is 20.9. The van der Waals surface area contributed by atoms with Crippen LogP contribution < -0.4 is 15.8 Å². The first kappa shape index (κ1) is 19.1. The molecule has 0 saturated carbocycles. The largest absolute Gasteiger partial charge is 0.485 e. The zero-order valence-corrected chi connectivity index (χ0v) is 15.7. The van der Waals surface area contributed by atoms with Gasteiger partial charge in [-0.3, -0.25) is 0 Å². The van der Waals surface area contributed by atoms with E-state index in [4.69, 9.17) is 10.5 Å². The van der Waals surface area contributed by atoms with Gasteiger partial charge in [-0.05, 0) is 26.0 Å². The third-order valence-corrected chi connectivity index (χ3v) is 5.05. The van der Waals surface area contributed by atoms with Crippen LogP contribution in [0, 0.1) is 11.6 Å². The van der Waals surface area contributed by atoms with Gasteiger partial charge in [0.15, 0.2) is 17.3 Å². The highest BCUT2D eigenvalue weighted by Gasteiger charge is 2.39. The van der Waals surface area contributed by atoms with E-state index in [9.17, 15) is 18.7 Å². The number of fused-ring (bicyclic) bond motifs is 2. The Balaban J connectivity index is 1.70. The van der Waals surface area contributed by atoms with Crippen LogP contribution in [-0.4, -0.2) is 37.8 Å². The Morgan fingerprint density at radius 2 is 2.28 bits per heavy atom. The summed E-state index contributed by atoms with van der Waals surface area (Å²) in [5, 5.41) is 16.3. The molecule has 0 saturated heterocycles. The lowest BCUT2D eigenvalue weighted by molar-refractivity contribution is 0.0698. The highest BCUT2D eigenvalue weighted by atomic mass is 19.2. The summed E-state index contributed by atoms with van der Waals surface area (Å²) in [5.74, 6) is -2.42. The van der Waals surface area contributed by atoms with Crippen molar-refractivity contribution < 1.29 is 23.4 Å². The van der Waals surface area contributed by atoms with E-state index in [0.717, 1.165) is 6.07 Å². The number of carboxylic acids is 1. The van der Waals surface area contributed by atoms with Gasteiger partial charge in [-0.2, -0.15) is 5.10 Å². The number of rotatable bonds is 5. The summed E-state index contributed by atoms with van der Waals surface area (Å²) in [6.07, 6.45) is 2.94. The first-order chi connectivity index (χ1) is 13.7. The lowest BCUT2D eigenvalue weighted by Crippen LogP contribution is -2.39. The lowest BCUT2D eigenvalue weighted by Gasteiger charge is -2.23. The predicted molar refractivity (Wildman–Crippen MR) is 100 cm³/mol. The van der Waals surface area contributed by atoms with Gasteiger partial charge in [0.1, 0.15) is 22.7 Å². The molecule has 29 heavy (non-hydrogen) atoms. The van der Waals surface area contributed by atoms with E-state index in [-0.39, 0.29) is 35.5 Å². The standard InChI is InChI=1S/C19H19F2N5O3/c1-9(24-14-3-4-26-17(25-14)12(7-23-26)18(27)28)10-5-13(20)15(21)11-6-19(2,8-22)29-16(10)11/h3-5,7,9H,6,8,22H2,1-2H3,(H,24,25)(H,27,28)/t9-,19?/m1/s1. The number of hydrogen-bond acceptors (Lipinski definition) is 6. The fourth-order valence-electron chi connectivity index (χ4n) is 3.45. The average molecular weight is 403 g/mol. The number of ether oxygens (including phenoxy) is 1. The molecule has 10 heteroatoms. The number of carbonyl (C=O) groups is 1. The SMILES string of the molecule is C[C@@H](Nc1ccn2ncc(C(=O)O)c2n1)c1cc(F)c(F)c2c1OC(C)(CN)C2.